The van der Waals surface area contributed by atoms with Crippen LogP contribution in [0, 0.1) is 5.92 Å². The molecule has 35 heavy (non-hydrogen) atoms. The van der Waals surface area contributed by atoms with Crippen LogP contribution in [0.2, 0.25) is 5.02 Å². The molecule has 1 aromatic carbocycles. The molecule has 0 fully saturated rings. The van der Waals surface area contributed by atoms with Crippen LogP contribution in [0.1, 0.15) is 19.4 Å². The smallest absolute Gasteiger partial charge is 0.332 e. The zero-order valence-corrected chi connectivity index (χ0v) is 20.5. The van der Waals surface area contributed by atoms with Crippen LogP contribution in [-0.2, 0) is 26.7 Å². The number of H-pyrrole nitrogens is 1. The summed E-state index contributed by atoms with van der Waals surface area (Å²) in [4.78, 5) is 34.6. The molecule has 2 N–H and O–H groups in total. The molecule has 182 valence electrons. The van der Waals surface area contributed by atoms with Crippen molar-refractivity contribution in [1.29, 1.82) is 0 Å². The van der Waals surface area contributed by atoms with Crippen LogP contribution >= 0.6 is 11.6 Å². The molecule has 0 aliphatic heterocycles. The van der Waals surface area contributed by atoms with Crippen molar-refractivity contribution < 1.29 is 5.11 Å². The maximum atomic E-state index is 13.6. The van der Waals surface area contributed by atoms with E-state index in [1.165, 1.54) is 4.57 Å². The third-order valence-electron chi connectivity index (χ3n) is 6.06. The van der Waals surface area contributed by atoms with Crippen molar-refractivity contribution in [2.75, 3.05) is 6.61 Å². The van der Waals surface area contributed by atoms with Crippen LogP contribution in [0.3, 0.4) is 0 Å². The Kier molecular flexibility index (Phi) is 5.86. The standard InChI is InChI=1S/C24H26ClN7O3/c1-14(2)12-31-21-19(23(34)30(8-9-33)24(31)35)20(22-26-6-7-29(22)3)32(28-21)13-15-11-27-18-5-4-16(25)10-17(15)18/h4-7,10-11,14,27,33H,8-9,12-13H2,1-3H3. The SMILES string of the molecule is CC(C)Cn1c(=O)n(CCO)c(=O)c2c(-c3nccn3C)n(Cc3c[nH]c4ccc(Cl)cc34)nc21. The van der Waals surface area contributed by atoms with Crippen molar-refractivity contribution in [3.05, 3.63) is 68.2 Å². The van der Waals surface area contributed by atoms with Gasteiger partial charge in [-0.05, 0) is 29.7 Å². The summed E-state index contributed by atoms with van der Waals surface area (Å²) in [6.07, 6.45) is 5.33. The lowest BCUT2D eigenvalue weighted by atomic mass is 10.1. The minimum absolute atomic E-state index is 0.0994. The molecular weight excluding hydrogens is 470 g/mol. The zero-order chi connectivity index (χ0) is 24.9. The Hall–Kier alpha value is -3.63. The molecule has 4 heterocycles. The predicted molar refractivity (Wildman–Crippen MR) is 135 cm³/mol. The molecule has 0 aliphatic carbocycles. The van der Waals surface area contributed by atoms with Gasteiger partial charge in [0.15, 0.2) is 11.5 Å². The lowest BCUT2D eigenvalue weighted by molar-refractivity contribution is 0.270. The summed E-state index contributed by atoms with van der Waals surface area (Å²) < 4.78 is 6.13. The summed E-state index contributed by atoms with van der Waals surface area (Å²) in [7, 11) is 1.84. The molecule has 10 nitrogen and oxygen atoms in total. The third-order valence-corrected chi connectivity index (χ3v) is 6.30. The first-order valence-electron chi connectivity index (χ1n) is 11.4. The molecule has 0 radical (unpaired) electrons. The van der Waals surface area contributed by atoms with Gasteiger partial charge in [-0.1, -0.05) is 25.4 Å². The van der Waals surface area contributed by atoms with E-state index >= 15 is 0 Å². The Morgan fingerprint density at radius 3 is 2.69 bits per heavy atom. The number of nitrogens with zero attached hydrogens (tertiary/aromatic N) is 6. The highest BCUT2D eigenvalue weighted by Gasteiger charge is 2.26. The first-order valence-corrected chi connectivity index (χ1v) is 11.8. The topological polar surface area (TPSA) is 116 Å². The fraction of sp³-hybridized carbons (Fsp3) is 0.333. The van der Waals surface area contributed by atoms with Crippen molar-refractivity contribution in [3.63, 3.8) is 0 Å². The molecule has 0 atom stereocenters. The Morgan fingerprint density at radius 1 is 1.20 bits per heavy atom. The van der Waals surface area contributed by atoms with Gasteiger partial charge in [-0.25, -0.2) is 9.78 Å². The van der Waals surface area contributed by atoms with E-state index in [1.807, 2.05) is 49.9 Å². The maximum absolute atomic E-state index is 13.6. The van der Waals surface area contributed by atoms with Gasteiger partial charge in [-0.15, -0.1) is 0 Å². The van der Waals surface area contributed by atoms with E-state index in [-0.39, 0.29) is 19.1 Å². The monoisotopic (exact) mass is 495 g/mol. The molecule has 0 spiro atoms. The predicted octanol–water partition coefficient (Wildman–Crippen LogP) is 2.59. The van der Waals surface area contributed by atoms with Crippen LogP contribution < -0.4 is 11.2 Å². The number of hydrogen-bond acceptors (Lipinski definition) is 5. The minimum atomic E-state index is -0.495. The molecule has 4 aromatic heterocycles. The number of hydrogen-bond donors (Lipinski definition) is 2. The van der Waals surface area contributed by atoms with Gasteiger partial charge in [0.25, 0.3) is 5.56 Å². The van der Waals surface area contributed by atoms with Gasteiger partial charge in [0.05, 0.1) is 19.7 Å². The molecule has 5 aromatic rings. The molecule has 0 aliphatic rings. The van der Waals surface area contributed by atoms with E-state index in [2.05, 4.69) is 9.97 Å². The van der Waals surface area contributed by atoms with Crippen molar-refractivity contribution in [3.8, 4) is 11.5 Å². The van der Waals surface area contributed by atoms with Crippen LogP contribution in [-0.4, -0.2) is 45.2 Å². The molecular formula is C24H26ClN7O3. The number of aromatic nitrogens is 7. The molecule has 5 rings (SSSR count). The first kappa shape index (κ1) is 23.1. The number of aryl methyl sites for hydroxylation is 1. The molecule has 0 saturated carbocycles. The second kappa shape index (κ2) is 8.86. The van der Waals surface area contributed by atoms with E-state index in [1.54, 1.807) is 17.1 Å². The number of aliphatic hydroxyl groups excluding tert-OH is 1. The molecule has 0 bridgehead atoms. The summed E-state index contributed by atoms with van der Waals surface area (Å²) in [5.41, 5.74) is 1.70. The van der Waals surface area contributed by atoms with Crippen LogP contribution in [0.4, 0.5) is 0 Å². The lowest BCUT2D eigenvalue weighted by Crippen LogP contribution is -2.41. The van der Waals surface area contributed by atoms with Gasteiger partial charge in [0.2, 0.25) is 0 Å². The van der Waals surface area contributed by atoms with Gasteiger partial charge >= 0.3 is 5.69 Å². The number of aliphatic hydroxyl groups is 1. The van der Waals surface area contributed by atoms with Crippen LogP contribution in [0.5, 0.6) is 0 Å². The van der Waals surface area contributed by atoms with Crippen molar-refractivity contribution >= 4 is 33.5 Å². The van der Waals surface area contributed by atoms with E-state index in [9.17, 15) is 14.7 Å². The number of aromatic amines is 1. The van der Waals surface area contributed by atoms with E-state index in [0.29, 0.717) is 40.7 Å². The lowest BCUT2D eigenvalue weighted by Gasteiger charge is -2.12. The first-order chi connectivity index (χ1) is 16.8. The number of rotatable bonds is 7. The molecule has 11 heteroatoms. The fourth-order valence-electron chi connectivity index (χ4n) is 4.50. The normalized spacial score (nSPS) is 11.9. The number of imidazole rings is 1. The largest absolute Gasteiger partial charge is 0.395 e. The van der Waals surface area contributed by atoms with Crippen molar-refractivity contribution in [2.45, 2.75) is 33.5 Å². The van der Waals surface area contributed by atoms with Crippen LogP contribution in [0.25, 0.3) is 33.5 Å². The zero-order valence-electron chi connectivity index (χ0n) is 19.7. The van der Waals surface area contributed by atoms with Crippen LogP contribution in [0.15, 0.2) is 46.4 Å². The fourth-order valence-corrected chi connectivity index (χ4v) is 4.67. The number of fused-ring (bicyclic) bond motifs is 2. The molecule has 0 amide bonds. The minimum Gasteiger partial charge on any atom is -0.395 e. The van der Waals surface area contributed by atoms with Gasteiger partial charge in [0, 0.05) is 48.1 Å². The average molecular weight is 496 g/mol. The molecule has 0 unspecified atom stereocenters. The summed E-state index contributed by atoms with van der Waals surface area (Å²) in [6.45, 7) is 4.26. The highest BCUT2D eigenvalue weighted by atomic mass is 35.5. The second-order valence-corrected chi connectivity index (χ2v) is 9.47. The second-order valence-electron chi connectivity index (χ2n) is 9.04. The summed E-state index contributed by atoms with van der Waals surface area (Å²) in [5, 5.41) is 16.2. The third kappa shape index (κ3) is 3.88. The van der Waals surface area contributed by atoms with E-state index in [0.717, 1.165) is 21.0 Å². The van der Waals surface area contributed by atoms with E-state index in [4.69, 9.17) is 16.7 Å². The number of nitrogens with one attached hydrogen (secondary N) is 1. The van der Waals surface area contributed by atoms with Gasteiger partial charge in [-0.2, -0.15) is 5.10 Å². The van der Waals surface area contributed by atoms with Gasteiger partial charge in [-0.3, -0.25) is 18.6 Å². The highest BCUT2D eigenvalue weighted by molar-refractivity contribution is 6.31. The Labute approximate surface area is 205 Å². The Morgan fingerprint density at radius 2 is 2.00 bits per heavy atom. The quantitative estimate of drug-likeness (QED) is 0.360. The van der Waals surface area contributed by atoms with E-state index < -0.39 is 11.2 Å². The summed E-state index contributed by atoms with van der Waals surface area (Å²) in [6, 6.07) is 5.61. The Bertz CT molecular complexity index is 1670. The van der Waals surface area contributed by atoms with Gasteiger partial charge in [0.1, 0.15) is 11.1 Å². The summed E-state index contributed by atoms with van der Waals surface area (Å²) >= 11 is 6.25. The Balaban J connectivity index is 1.84. The van der Waals surface area contributed by atoms with Gasteiger partial charge < -0.3 is 14.7 Å². The number of halogens is 1. The summed E-state index contributed by atoms with van der Waals surface area (Å²) in [5.74, 6) is 0.682. The maximum Gasteiger partial charge on any atom is 0.332 e. The highest BCUT2D eigenvalue weighted by Crippen LogP contribution is 2.28. The number of benzene rings is 1. The van der Waals surface area contributed by atoms with Crippen molar-refractivity contribution in [2.24, 2.45) is 13.0 Å². The molecule has 0 saturated heterocycles. The average Bonchev–Trinajstić information content (AvgIpc) is 3.51. The van der Waals surface area contributed by atoms with Crippen molar-refractivity contribution in [1.82, 2.24) is 33.4 Å².